The minimum absolute atomic E-state index is 0.000158. The van der Waals surface area contributed by atoms with Gasteiger partial charge in [-0.1, -0.05) is 11.6 Å². The van der Waals surface area contributed by atoms with Gasteiger partial charge in [0.15, 0.2) is 5.78 Å². The molecule has 1 aromatic heterocycles. The second kappa shape index (κ2) is 4.72. The zero-order valence-electron chi connectivity index (χ0n) is 10.8. The van der Waals surface area contributed by atoms with Crippen LogP contribution in [0.25, 0.3) is 0 Å². The number of carbonyl (C=O) groups is 2. The van der Waals surface area contributed by atoms with Crippen molar-refractivity contribution in [2.24, 2.45) is 0 Å². The number of carbonyl (C=O) groups excluding carboxylic acids is 2. The van der Waals surface area contributed by atoms with E-state index in [9.17, 15) is 9.59 Å². The predicted octanol–water partition coefficient (Wildman–Crippen LogP) is 3.10. The monoisotopic (exact) mass is 286 g/mol. The molecule has 3 rings (SSSR count). The number of rotatable bonds is 2. The van der Waals surface area contributed by atoms with Crippen molar-refractivity contribution in [2.45, 2.75) is 13.5 Å². The van der Waals surface area contributed by atoms with E-state index in [2.05, 4.69) is 4.98 Å². The van der Waals surface area contributed by atoms with E-state index >= 15 is 0 Å². The number of amides is 1. The Hall–Kier alpha value is -2.20. The van der Waals surface area contributed by atoms with Gasteiger partial charge in [0.05, 0.1) is 6.54 Å². The molecule has 2 heterocycles. The fourth-order valence-corrected chi connectivity index (χ4v) is 2.50. The zero-order valence-corrected chi connectivity index (χ0v) is 11.5. The van der Waals surface area contributed by atoms with Gasteiger partial charge in [0.2, 0.25) is 0 Å². The van der Waals surface area contributed by atoms with Crippen molar-refractivity contribution in [3.63, 3.8) is 0 Å². The van der Waals surface area contributed by atoms with Gasteiger partial charge in [-0.2, -0.15) is 0 Å². The molecule has 0 unspecified atom stereocenters. The molecule has 0 bridgehead atoms. The number of Topliss-reactive ketones (excluding diaryl/α,β-unsaturated/α-hetero) is 1. The summed E-state index contributed by atoms with van der Waals surface area (Å²) in [5.41, 5.74) is 2.69. The average molecular weight is 287 g/mol. The zero-order chi connectivity index (χ0) is 14.3. The molecule has 0 aliphatic carbocycles. The molecule has 4 nitrogen and oxygen atoms in total. The van der Waals surface area contributed by atoms with Gasteiger partial charge in [0.1, 0.15) is 5.15 Å². The summed E-state index contributed by atoms with van der Waals surface area (Å²) < 4.78 is 0. The number of fused-ring (bicyclic) bond motifs is 1. The van der Waals surface area contributed by atoms with Crippen molar-refractivity contribution in [1.29, 1.82) is 0 Å². The Morgan fingerprint density at radius 3 is 2.55 bits per heavy atom. The number of aromatic nitrogens is 1. The van der Waals surface area contributed by atoms with Gasteiger partial charge in [-0.15, -0.1) is 0 Å². The first-order valence-corrected chi connectivity index (χ1v) is 6.52. The molecule has 1 aliphatic heterocycles. The van der Waals surface area contributed by atoms with E-state index in [4.69, 9.17) is 11.6 Å². The lowest BCUT2D eigenvalue weighted by Crippen LogP contribution is -2.22. The van der Waals surface area contributed by atoms with Crippen LogP contribution >= 0.6 is 11.6 Å². The normalized spacial score (nSPS) is 13.5. The molecule has 0 atom stereocenters. The summed E-state index contributed by atoms with van der Waals surface area (Å²) in [5.74, 6) is -0.0975. The molecule has 0 saturated carbocycles. The highest BCUT2D eigenvalue weighted by Gasteiger charge is 2.30. The van der Waals surface area contributed by atoms with E-state index < -0.39 is 0 Å². The van der Waals surface area contributed by atoms with Crippen LogP contribution in [0.3, 0.4) is 0 Å². The number of pyridine rings is 1. The fourth-order valence-electron chi connectivity index (χ4n) is 2.28. The highest BCUT2D eigenvalue weighted by atomic mass is 35.5. The van der Waals surface area contributed by atoms with E-state index in [-0.39, 0.29) is 11.7 Å². The lowest BCUT2D eigenvalue weighted by Gasteiger charge is -2.15. The lowest BCUT2D eigenvalue weighted by atomic mass is 10.1. The predicted molar refractivity (Wildman–Crippen MR) is 76.2 cm³/mol. The van der Waals surface area contributed by atoms with Crippen molar-refractivity contribution in [1.82, 2.24) is 4.98 Å². The largest absolute Gasteiger partial charge is 0.304 e. The van der Waals surface area contributed by atoms with E-state index in [1.165, 1.54) is 13.1 Å². The third-order valence-electron chi connectivity index (χ3n) is 3.38. The summed E-state index contributed by atoms with van der Waals surface area (Å²) in [6.45, 7) is 1.91. The van der Waals surface area contributed by atoms with Crippen LogP contribution in [-0.4, -0.2) is 16.7 Å². The van der Waals surface area contributed by atoms with Gasteiger partial charge < -0.3 is 4.90 Å². The standard InChI is InChI=1S/C15H11ClN2O2/c1-9(19)10-2-4-11(5-3-10)18-8-13-12(15(18)20)6-7-17-14(13)16/h2-7H,8H2,1H3. The van der Waals surface area contributed by atoms with Gasteiger partial charge in [0.25, 0.3) is 5.91 Å². The third kappa shape index (κ3) is 1.98. The van der Waals surface area contributed by atoms with E-state index in [1.807, 2.05) is 0 Å². The summed E-state index contributed by atoms with van der Waals surface area (Å²) >= 11 is 6.02. The molecule has 0 fully saturated rings. The van der Waals surface area contributed by atoms with E-state index in [0.29, 0.717) is 22.8 Å². The molecule has 100 valence electrons. The molecule has 1 aromatic carbocycles. The molecular weight excluding hydrogens is 276 g/mol. The maximum Gasteiger partial charge on any atom is 0.259 e. The highest BCUT2D eigenvalue weighted by molar-refractivity contribution is 6.31. The average Bonchev–Trinajstić information content (AvgIpc) is 2.78. The number of anilines is 1. The summed E-state index contributed by atoms with van der Waals surface area (Å²) in [7, 11) is 0. The van der Waals surface area contributed by atoms with Gasteiger partial charge in [-0.25, -0.2) is 4.98 Å². The van der Waals surface area contributed by atoms with Crippen LogP contribution in [0.15, 0.2) is 36.5 Å². The molecule has 0 saturated heterocycles. The van der Waals surface area contributed by atoms with Crippen molar-refractivity contribution < 1.29 is 9.59 Å². The second-order valence-electron chi connectivity index (χ2n) is 4.62. The summed E-state index contributed by atoms with van der Waals surface area (Å²) in [4.78, 5) is 29.2. The maximum absolute atomic E-state index is 12.3. The lowest BCUT2D eigenvalue weighted by molar-refractivity contribution is 0.0994. The first-order chi connectivity index (χ1) is 9.58. The van der Waals surface area contributed by atoms with Crippen molar-refractivity contribution in [3.8, 4) is 0 Å². The Balaban J connectivity index is 1.96. The van der Waals surface area contributed by atoms with Gasteiger partial charge in [-0.3, -0.25) is 9.59 Å². The van der Waals surface area contributed by atoms with Crippen LogP contribution in [-0.2, 0) is 6.54 Å². The van der Waals surface area contributed by atoms with E-state index in [1.54, 1.807) is 35.2 Å². The van der Waals surface area contributed by atoms with Crippen LogP contribution in [0.2, 0.25) is 5.15 Å². The number of halogens is 1. The number of nitrogens with zero attached hydrogens (tertiary/aromatic N) is 2. The molecule has 20 heavy (non-hydrogen) atoms. The van der Waals surface area contributed by atoms with Crippen molar-refractivity contribution in [3.05, 3.63) is 58.4 Å². The number of hydrogen-bond donors (Lipinski definition) is 0. The van der Waals surface area contributed by atoms with E-state index in [0.717, 1.165) is 11.3 Å². The SMILES string of the molecule is CC(=O)c1ccc(N2Cc3c(ccnc3Cl)C2=O)cc1. The number of benzene rings is 1. The molecule has 1 amide bonds. The first kappa shape index (κ1) is 12.8. The van der Waals surface area contributed by atoms with Crippen LogP contribution in [0.1, 0.15) is 33.2 Å². The summed E-state index contributed by atoms with van der Waals surface area (Å²) in [5, 5.41) is 0.360. The Morgan fingerprint density at radius 2 is 1.95 bits per heavy atom. The van der Waals surface area contributed by atoms with Crippen LogP contribution < -0.4 is 4.90 Å². The molecule has 0 radical (unpaired) electrons. The quantitative estimate of drug-likeness (QED) is 0.630. The Kier molecular flexibility index (Phi) is 3.03. The van der Waals surface area contributed by atoms with Gasteiger partial charge >= 0.3 is 0 Å². The third-order valence-corrected chi connectivity index (χ3v) is 3.71. The Bertz CT molecular complexity index is 710. The maximum atomic E-state index is 12.3. The fraction of sp³-hybridized carbons (Fsp3) is 0.133. The first-order valence-electron chi connectivity index (χ1n) is 6.14. The van der Waals surface area contributed by atoms with Crippen molar-refractivity contribution in [2.75, 3.05) is 4.90 Å². The molecular formula is C15H11ClN2O2. The Labute approximate surface area is 121 Å². The Morgan fingerprint density at radius 1 is 1.25 bits per heavy atom. The molecule has 0 N–H and O–H groups in total. The summed E-state index contributed by atoms with van der Waals surface area (Å²) in [6, 6.07) is 8.64. The number of hydrogen-bond acceptors (Lipinski definition) is 3. The summed E-state index contributed by atoms with van der Waals surface area (Å²) in [6.07, 6.45) is 1.53. The molecule has 2 aromatic rings. The second-order valence-corrected chi connectivity index (χ2v) is 4.98. The molecule has 5 heteroatoms. The van der Waals surface area contributed by atoms with Crippen molar-refractivity contribution >= 4 is 29.0 Å². The molecule has 0 spiro atoms. The van der Waals surface area contributed by atoms with Crippen LogP contribution in [0.4, 0.5) is 5.69 Å². The van der Waals surface area contributed by atoms with Crippen LogP contribution in [0, 0.1) is 0 Å². The highest BCUT2D eigenvalue weighted by Crippen LogP contribution is 2.31. The molecule has 1 aliphatic rings. The topological polar surface area (TPSA) is 50.3 Å². The van der Waals surface area contributed by atoms with Gasteiger partial charge in [-0.05, 0) is 37.3 Å². The van der Waals surface area contributed by atoms with Crippen LogP contribution in [0.5, 0.6) is 0 Å². The minimum atomic E-state index is -0.0973. The number of ketones is 1. The minimum Gasteiger partial charge on any atom is -0.304 e. The van der Waals surface area contributed by atoms with Gasteiger partial charge in [0, 0.05) is 28.6 Å². The smallest absolute Gasteiger partial charge is 0.259 e.